The fraction of sp³-hybridized carbons (Fsp3) is 1.00. The van der Waals surface area contributed by atoms with Gasteiger partial charge in [-0.25, -0.2) is 0 Å². The van der Waals surface area contributed by atoms with Gasteiger partial charge in [-0.2, -0.15) is 0 Å². The average Bonchev–Trinajstić information content (AvgIpc) is 0.941. The third-order valence-electron chi connectivity index (χ3n) is 27.1. The molecule has 124 heavy (non-hydrogen) atoms. The minimum Gasteiger partial charge on any atom is -0.303 e. The van der Waals surface area contributed by atoms with Crippen LogP contribution in [0.2, 0.25) is 0 Å². The van der Waals surface area contributed by atoms with Crippen LogP contribution in [-0.4, -0.2) is 368 Å². The molecule has 0 saturated carbocycles. The lowest BCUT2D eigenvalue weighted by molar-refractivity contribution is 0.169. The van der Waals surface area contributed by atoms with Gasteiger partial charge in [-0.05, 0) is 494 Å². The number of rotatable bonds is 106. The Balaban J connectivity index is 7.63. The van der Waals surface area contributed by atoms with Gasteiger partial charge in [0.05, 0.1) is 0 Å². The lowest BCUT2D eigenvalue weighted by Gasteiger charge is -2.31. The smallest absolute Gasteiger partial charge is 0.000653 e. The lowest BCUT2D eigenvalue weighted by Crippen LogP contribution is -2.38. The molecule has 15 heteroatoms. The Morgan fingerprint density at radius 2 is 0.121 bits per heavy atom. The van der Waals surface area contributed by atoms with Crippen LogP contribution in [0.1, 0.15) is 419 Å². The topological polar surface area (TPSA) is 48.6 Å². The van der Waals surface area contributed by atoms with Crippen LogP contribution in [0.3, 0.4) is 0 Å². The van der Waals surface area contributed by atoms with Crippen molar-refractivity contribution in [1.82, 2.24) is 73.5 Å². The molecule has 746 valence electrons. The van der Waals surface area contributed by atoms with Gasteiger partial charge >= 0.3 is 0 Å². The molecule has 0 radical (unpaired) electrons. The molecule has 0 amide bonds. The van der Waals surface area contributed by atoms with E-state index in [1.54, 1.807) is 0 Å². The number of nitrogens with zero attached hydrogens (tertiary/aromatic N) is 15. The van der Waals surface area contributed by atoms with Crippen molar-refractivity contribution in [2.75, 3.05) is 295 Å². The van der Waals surface area contributed by atoms with E-state index in [4.69, 9.17) is 0 Å². The van der Waals surface area contributed by atoms with Crippen LogP contribution < -0.4 is 0 Å². The highest BCUT2D eigenvalue weighted by molar-refractivity contribution is 4.76. The zero-order valence-electron chi connectivity index (χ0n) is 88.8. The molecule has 0 unspecified atom stereocenters. The Labute approximate surface area is 783 Å². The van der Waals surface area contributed by atoms with Crippen molar-refractivity contribution in [1.29, 1.82) is 0 Å². The Bertz CT molecular complexity index is 1580. The van der Waals surface area contributed by atoms with E-state index < -0.39 is 0 Å². The first kappa shape index (κ1) is 123. The van der Waals surface area contributed by atoms with Crippen LogP contribution in [0, 0.1) is 0 Å². The highest BCUT2D eigenvalue weighted by atomic mass is 15.2. The van der Waals surface area contributed by atoms with Gasteiger partial charge in [-0.1, -0.05) is 220 Å². The number of unbranched alkanes of at least 4 members (excludes halogenated alkanes) is 16. The fourth-order valence-electron chi connectivity index (χ4n) is 18.7. The van der Waals surface area contributed by atoms with E-state index in [1.165, 1.54) is 596 Å². The molecule has 15 nitrogen and oxygen atoms in total. The number of hydrogen-bond donors (Lipinski definition) is 0. The summed E-state index contributed by atoms with van der Waals surface area (Å²) in [6.07, 6.45) is 61.5. The average molecular weight is 1760 g/mol. The highest BCUT2D eigenvalue weighted by Gasteiger charge is 2.20. The maximum absolute atomic E-state index is 3.01. The largest absolute Gasteiger partial charge is 0.303 e. The molecule has 0 aliphatic heterocycles. The van der Waals surface area contributed by atoms with Gasteiger partial charge in [0, 0.05) is 0 Å². The third kappa shape index (κ3) is 77.8. The predicted molar refractivity (Wildman–Crippen MR) is 560 cm³/mol. The minimum absolute atomic E-state index is 1.23. The third-order valence-corrected chi connectivity index (χ3v) is 27.1. The van der Waals surface area contributed by atoms with Gasteiger partial charge < -0.3 is 73.5 Å². The second kappa shape index (κ2) is 97.0. The Kier molecular flexibility index (Phi) is 96.5. The second-order valence-electron chi connectivity index (χ2n) is 39.2. The molecule has 0 saturated heterocycles. The first-order chi connectivity index (χ1) is 60.9. The van der Waals surface area contributed by atoms with Crippen LogP contribution in [0.5, 0.6) is 0 Å². The molecule has 0 aliphatic rings. The summed E-state index contributed by atoms with van der Waals surface area (Å²) in [6, 6.07) is 0. The van der Waals surface area contributed by atoms with Crippen molar-refractivity contribution in [3.63, 3.8) is 0 Å². The summed E-state index contributed by atoms with van der Waals surface area (Å²) in [5.41, 5.74) is 0. The molecule has 0 heterocycles. The van der Waals surface area contributed by atoms with Gasteiger partial charge in [0.1, 0.15) is 0 Å². The van der Waals surface area contributed by atoms with Crippen LogP contribution >= 0.6 is 0 Å². The van der Waals surface area contributed by atoms with E-state index in [2.05, 4.69) is 191 Å². The molecule has 0 atom stereocenters. The lowest BCUT2D eigenvalue weighted by atomic mass is 10.2. The van der Waals surface area contributed by atoms with Crippen LogP contribution in [-0.2, 0) is 0 Å². The van der Waals surface area contributed by atoms with Crippen molar-refractivity contribution in [2.45, 2.75) is 419 Å². The van der Waals surface area contributed by atoms with Crippen molar-refractivity contribution in [3.8, 4) is 0 Å². The quantitative estimate of drug-likeness (QED) is 0.0580. The first-order valence-electron chi connectivity index (χ1n) is 56.8. The molecule has 0 N–H and O–H groups in total. The summed E-state index contributed by atoms with van der Waals surface area (Å²) in [5.74, 6) is 0. The van der Waals surface area contributed by atoms with Gasteiger partial charge in [-0.15, -0.1) is 0 Å². The van der Waals surface area contributed by atoms with Crippen molar-refractivity contribution in [2.24, 2.45) is 0 Å². The first-order valence-corrected chi connectivity index (χ1v) is 56.8. The number of hydrogen-bond acceptors (Lipinski definition) is 15. The summed E-state index contributed by atoms with van der Waals surface area (Å²) >= 11 is 0. The normalized spacial score (nSPS) is 12.6. The zero-order chi connectivity index (χ0) is 90.7. The van der Waals surface area contributed by atoms with E-state index in [1.807, 2.05) is 0 Å². The predicted octanol–water partition coefficient (Wildman–Crippen LogP) is 24.2. The summed E-state index contributed by atoms with van der Waals surface area (Å²) in [5, 5.41) is 0. The van der Waals surface area contributed by atoms with E-state index in [9.17, 15) is 0 Å². The van der Waals surface area contributed by atoms with Crippen LogP contribution in [0.15, 0.2) is 0 Å². The zero-order valence-corrected chi connectivity index (χ0v) is 88.8. The molecular weight excluding hydrogens is 1520 g/mol. The molecule has 0 bridgehead atoms. The van der Waals surface area contributed by atoms with E-state index >= 15 is 0 Å². The minimum atomic E-state index is 1.23. The maximum atomic E-state index is 3.01. The SMILES string of the molecule is CCCCN(CCCC)CCCN(CCCN(CCCC)CCCC)CCCN(CCCN(CCC)CCCN(CCCN(CCCN(CCCC)CCCC)CCCN(CCCC)CCCC)CCCN(CCCN(CCCC)CCCC)CCCN(CCCC)CCCC)CCCN(CCCN(CCCC)CCCC)CCCN(CCCC)CCCC. The van der Waals surface area contributed by atoms with Gasteiger partial charge in [0.2, 0.25) is 0 Å². The molecular formula is C109H235N15. The Morgan fingerprint density at radius 3 is 0.177 bits per heavy atom. The summed E-state index contributed by atoms with van der Waals surface area (Å²) in [7, 11) is 0. The summed E-state index contributed by atoms with van der Waals surface area (Å²) in [4.78, 5) is 43.4. The molecule has 0 aromatic heterocycles. The standard InChI is InChI=1S/C109H235N15/c1-18-35-66-111(67-36-19-2)84-53-94-121(95-54-85-112(68-37-20-3)69-38-21-4)106-61-102-119(103-62-107-122(96-55-86-113(70-39-22-5)71-40-23-6)97-56-87-114(72-41-24-7)73-42-25-8)92-51-82-110(65-34-17)83-52-93-120(104-63-108-123(98-57-88-115(74-43-26-9)75-44-27-10)99-58-89-116(76-45-28-11)77-46-29-12)105-64-109-124(100-59-90-117(78-47-30-13)79-48-31-14)101-60-91-118(80-49-32-15)81-50-33-16/h18-109H2,1-17H3. The molecule has 0 fully saturated rings. The highest BCUT2D eigenvalue weighted by Crippen LogP contribution is 2.16. The van der Waals surface area contributed by atoms with E-state index in [0.29, 0.717) is 0 Å². The van der Waals surface area contributed by atoms with Crippen molar-refractivity contribution >= 4 is 0 Å². The Morgan fingerprint density at radius 1 is 0.0645 bits per heavy atom. The Hall–Kier alpha value is -0.600. The second-order valence-corrected chi connectivity index (χ2v) is 39.2. The molecule has 0 aromatic carbocycles. The molecule has 0 spiro atoms. The van der Waals surface area contributed by atoms with Gasteiger partial charge in [-0.3, -0.25) is 0 Å². The fourth-order valence-corrected chi connectivity index (χ4v) is 18.7. The van der Waals surface area contributed by atoms with Crippen molar-refractivity contribution in [3.05, 3.63) is 0 Å². The molecule has 0 aromatic rings. The van der Waals surface area contributed by atoms with Gasteiger partial charge in [0.25, 0.3) is 0 Å². The van der Waals surface area contributed by atoms with Crippen molar-refractivity contribution < 1.29 is 0 Å². The summed E-state index contributed by atoms with van der Waals surface area (Å²) < 4.78 is 0. The van der Waals surface area contributed by atoms with Crippen LogP contribution in [0.4, 0.5) is 0 Å². The van der Waals surface area contributed by atoms with E-state index in [0.717, 1.165) is 0 Å². The van der Waals surface area contributed by atoms with Gasteiger partial charge in [0.15, 0.2) is 0 Å². The monoisotopic (exact) mass is 1750 g/mol. The van der Waals surface area contributed by atoms with E-state index in [-0.39, 0.29) is 0 Å². The molecule has 0 aliphatic carbocycles. The van der Waals surface area contributed by atoms with Crippen LogP contribution in [0.25, 0.3) is 0 Å². The summed E-state index contributed by atoms with van der Waals surface area (Å²) in [6.45, 7) is 97.1. The molecule has 0 rings (SSSR count). The maximum Gasteiger partial charge on any atom is -0.000653 e.